The van der Waals surface area contributed by atoms with E-state index >= 15 is 0 Å². The molecule has 0 spiro atoms. The van der Waals surface area contributed by atoms with Gasteiger partial charge in [0.1, 0.15) is 0 Å². The Balaban J connectivity index is 2.84. The van der Waals surface area contributed by atoms with Gasteiger partial charge in [0.25, 0.3) is 0 Å². The number of amides is 1. The third-order valence-corrected chi connectivity index (χ3v) is 1.85. The lowest BCUT2D eigenvalue weighted by molar-refractivity contribution is -0.109. The molecule has 0 aromatic carbocycles. The van der Waals surface area contributed by atoms with Gasteiger partial charge in [-0.3, -0.25) is 9.78 Å². The highest BCUT2D eigenvalue weighted by atomic mass is 16.1. The van der Waals surface area contributed by atoms with Crippen molar-refractivity contribution in [2.24, 2.45) is 0 Å². The molecule has 0 aliphatic rings. The Morgan fingerprint density at radius 2 is 2.38 bits per heavy atom. The maximum atomic E-state index is 10.1. The average Bonchev–Trinajstić information content (AvgIpc) is 2.15. The van der Waals surface area contributed by atoms with Gasteiger partial charge in [-0.25, -0.2) is 0 Å². The molecular formula is C10H14N2O. The molecular weight excluding hydrogens is 164 g/mol. The first kappa shape index (κ1) is 9.71. The molecule has 0 atom stereocenters. The van der Waals surface area contributed by atoms with Crippen molar-refractivity contribution < 1.29 is 4.79 Å². The Hall–Kier alpha value is -1.38. The van der Waals surface area contributed by atoms with Gasteiger partial charge in [-0.2, -0.15) is 0 Å². The molecule has 1 aromatic rings. The summed E-state index contributed by atoms with van der Waals surface area (Å²) < 4.78 is 0. The monoisotopic (exact) mass is 178 g/mol. The molecule has 1 heterocycles. The Labute approximate surface area is 78.2 Å². The van der Waals surface area contributed by atoms with Crippen molar-refractivity contribution in [1.82, 2.24) is 10.3 Å². The van der Waals surface area contributed by atoms with Gasteiger partial charge < -0.3 is 5.32 Å². The van der Waals surface area contributed by atoms with E-state index in [1.807, 2.05) is 12.1 Å². The summed E-state index contributed by atoms with van der Waals surface area (Å²) in [4.78, 5) is 14.4. The van der Waals surface area contributed by atoms with Gasteiger partial charge >= 0.3 is 0 Å². The van der Waals surface area contributed by atoms with Crippen molar-refractivity contribution in [2.45, 2.75) is 26.3 Å². The minimum absolute atomic E-state index is 0.393. The van der Waals surface area contributed by atoms with Crippen molar-refractivity contribution in [2.75, 3.05) is 0 Å². The van der Waals surface area contributed by atoms with Crippen LogP contribution in [0.3, 0.4) is 0 Å². The zero-order valence-electron chi connectivity index (χ0n) is 7.95. The number of aromatic nitrogens is 1. The van der Waals surface area contributed by atoms with Crippen LogP contribution in [-0.2, 0) is 11.3 Å². The molecule has 0 unspecified atom stereocenters. The molecule has 1 rings (SSSR count). The van der Waals surface area contributed by atoms with Crippen LogP contribution in [0.15, 0.2) is 18.3 Å². The molecule has 0 aliphatic heterocycles. The maximum absolute atomic E-state index is 10.1. The molecule has 1 amide bonds. The summed E-state index contributed by atoms with van der Waals surface area (Å²) in [7, 11) is 0. The van der Waals surface area contributed by atoms with E-state index in [-0.39, 0.29) is 0 Å². The molecule has 0 saturated carbocycles. The topological polar surface area (TPSA) is 42.0 Å². The lowest BCUT2D eigenvalue weighted by Gasteiger charge is -2.09. The van der Waals surface area contributed by atoms with Crippen LogP contribution < -0.4 is 5.32 Å². The van der Waals surface area contributed by atoms with Gasteiger partial charge in [0.2, 0.25) is 6.41 Å². The summed E-state index contributed by atoms with van der Waals surface area (Å²) in [5.74, 6) is 0.393. The Kier molecular flexibility index (Phi) is 3.43. The molecule has 70 valence electrons. The lowest BCUT2D eigenvalue weighted by atomic mass is 10.0. The molecule has 0 aliphatic carbocycles. The van der Waals surface area contributed by atoms with Crippen LogP contribution in [0, 0.1) is 0 Å². The van der Waals surface area contributed by atoms with Gasteiger partial charge in [-0.15, -0.1) is 0 Å². The molecule has 1 aromatic heterocycles. The molecule has 13 heavy (non-hydrogen) atoms. The van der Waals surface area contributed by atoms with E-state index in [1.54, 1.807) is 6.20 Å². The number of rotatable bonds is 4. The summed E-state index contributed by atoms with van der Waals surface area (Å²) in [6, 6.07) is 3.87. The third kappa shape index (κ3) is 2.54. The van der Waals surface area contributed by atoms with Gasteiger partial charge in [0, 0.05) is 18.4 Å². The Morgan fingerprint density at radius 3 is 3.00 bits per heavy atom. The van der Waals surface area contributed by atoms with Crippen LogP contribution in [-0.4, -0.2) is 11.4 Å². The van der Waals surface area contributed by atoms with E-state index in [4.69, 9.17) is 0 Å². The quantitative estimate of drug-likeness (QED) is 0.709. The van der Waals surface area contributed by atoms with Crippen LogP contribution in [0.5, 0.6) is 0 Å². The summed E-state index contributed by atoms with van der Waals surface area (Å²) in [6.45, 7) is 4.74. The fourth-order valence-electron chi connectivity index (χ4n) is 1.27. The number of hydrogen-bond acceptors (Lipinski definition) is 2. The Morgan fingerprint density at radius 1 is 1.62 bits per heavy atom. The van der Waals surface area contributed by atoms with Crippen LogP contribution in [0.25, 0.3) is 0 Å². The maximum Gasteiger partial charge on any atom is 0.207 e. The van der Waals surface area contributed by atoms with E-state index in [2.05, 4.69) is 24.1 Å². The molecule has 3 heteroatoms. The molecule has 0 fully saturated rings. The van der Waals surface area contributed by atoms with Crippen LogP contribution in [0.1, 0.15) is 31.0 Å². The zero-order valence-corrected chi connectivity index (χ0v) is 7.95. The fourth-order valence-corrected chi connectivity index (χ4v) is 1.27. The van der Waals surface area contributed by atoms with Crippen molar-refractivity contribution in [3.05, 3.63) is 29.6 Å². The number of pyridine rings is 1. The van der Waals surface area contributed by atoms with E-state index in [9.17, 15) is 4.79 Å². The van der Waals surface area contributed by atoms with E-state index in [0.29, 0.717) is 18.9 Å². The van der Waals surface area contributed by atoms with E-state index < -0.39 is 0 Å². The summed E-state index contributed by atoms with van der Waals surface area (Å²) in [5.41, 5.74) is 2.14. The number of hydrogen-bond donors (Lipinski definition) is 1. The van der Waals surface area contributed by atoms with Gasteiger partial charge in [0.15, 0.2) is 0 Å². The zero-order chi connectivity index (χ0) is 9.68. The van der Waals surface area contributed by atoms with Crippen molar-refractivity contribution in [1.29, 1.82) is 0 Å². The van der Waals surface area contributed by atoms with E-state index in [1.165, 1.54) is 0 Å². The minimum atomic E-state index is 0.393. The number of carbonyl (C=O) groups excluding carboxylic acids is 1. The molecule has 0 saturated heterocycles. The second-order valence-electron chi connectivity index (χ2n) is 3.20. The first-order chi connectivity index (χ1) is 6.25. The largest absolute Gasteiger partial charge is 0.355 e. The smallest absolute Gasteiger partial charge is 0.207 e. The molecule has 1 N–H and O–H groups in total. The van der Waals surface area contributed by atoms with Crippen molar-refractivity contribution in [3.8, 4) is 0 Å². The molecule has 0 bridgehead atoms. The standard InChI is InChI=1S/C10H14N2O/c1-8(2)10-9(6-11-7-13)4-3-5-12-10/h3-5,7-8H,6H2,1-2H3,(H,11,13). The number of carbonyl (C=O) groups is 1. The predicted octanol–water partition coefficient (Wildman–Crippen LogP) is 1.45. The first-order valence-electron chi connectivity index (χ1n) is 4.36. The van der Waals surface area contributed by atoms with Crippen molar-refractivity contribution in [3.63, 3.8) is 0 Å². The van der Waals surface area contributed by atoms with Crippen LogP contribution in [0.2, 0.25) is 0 Å². The van der Waals surface area contributed by atoms with E-state index in [0.717, 1.165) is 11.3 Å². The number of nitrogens with zero attached hydrogens (tertiary/aromatic N) is 1. The second kappa shape index (κ2) is 4.60. The van der Waals surface area contributed by atoms with Crippen LogP contribution >= 0.6 is 0 Å². The summed E-state index contributed by atoms with van der Waals surface area (Å²) in [5, 5.41) is 2.64. The SMILES string of the molecule is CC(C)c1ncccc1CNC=O. The van der Waals surface area contributed by atoms with Gasteiger partial charge in [-0.1, -0.05) is 19.9 Å². The Bertz CT molecular complexity index is 284. The fraction of sp³-hybridized carbons (Fsp3) is 0.400. The predicted molar refractivity (Wildman–Crippen MR) is 51.2 cm³/mol. The van der Waals surface area contributed by atoms with Crippen LogP contribution in [0.4, 0.5) is 0 Å². The third-order valence-electron chi connectivity index (χ3n) is 1.85. The normalized spacial score (nSPS) is 10.1. The minimum Gasteiger partial charge on any atom is -0.355 e. The highest BCUT2D eigenvalue weighted by molar-refractivity contribution is 5.46. The lowest BCUT2D eigenvalue weighted by Crippen LogP contribution is -2.12. The van der Waals surface area contributed by atoms with Crippen molar-refractivity contribution >= 4 is 6.41 Å². The first-order valence-corrected chi connectivity index (χ1v) is 4.36. The highest BCUT2D eigenvalue weighted by Gasteiger charge is 2.05. The number of nitrogens with one attached hydrogen (secondary N) is 1. The average molecular weight is 178 g/mol. The summed E-state index contributed by atoms with van der Waals surface area (Å²) >= 11 is 0. The molecule has 3 nitrogen and oxygen atoms in total. The molecule has 0 radical (unpaired) electrons. The summed E-state index contributed by atoms with van der Waals surface area (Å²) in [6.07, 6.45) is 2.48. The second-order valence-corrected chi connectivity index (χ2v) is 3.20. The highest BCUT2D eigenvalue weighted by Crippen LogP contribution is 2.15. The van der Waals surface area contributed by atoms with Gasteiger partial charge in [-0.05, 0) is 17.5 Å². The van der Waals surface area contributed by atoms with Gasteiger partial charge in [0.05, 0.1) is 0 Å².